The van der Waals surface area contributed by atoms with Crippen molar-refractivity contribution in [3.8, 4) is 0 Å². The molecule has 0 aromatic heterocycles. The Labute approximate surface area is 168 Å². The van der Waals surface area contributed by atoms with Crippen LogP contribution in [0.5, 0.6) is 0 Å². The molecule has 2 fully saturated rings. The highest BCUT2D eigenvalue weighted by Gasteiger charge is 2.75. The number of ketones is 2. The predicted octanol–water partition coefficient (Wildman–Crippen LogP) is 2.19. The number of rotatable bonds is 2. The summed E-state index contributed by atoms with van der Waals surface area (Å²) in [7, 11) is 0. The third kappa shape index (κ3) is 2.19. The Bertz CT molecular complexity index is 852. The molecule has 4 rings (SSSR count). The number of hydrogen-bond acceptors (Lipinski definition) is 5. The van der Waals surface area contributed by atoms with Crippen LogP contribution in [0.3, 0.4) is 0 Å². The summed E-state index contributed by atoms with van der Waals surface area (Å²) in [6.45, 7) is 3.97. The lowest BCUT2D eigenvalue weighted by Gasteiger charge is -2.62. The van der Waals surface area contributed by atoms with Crippen LogP contribution in [0.25, 0.3) is 0 Å². The lowest BCUT2D eigenvalue weighted by atomic mass is 9.45. The number of carbonyl (C=O) groups is 2. The van der Waals surface area contributed by atoms with E-state index in [1.807, 2.05) is 0 Å². The molecular weight excluding hydrogens is 382 g/mol. The Morgan fingerprint density at radius 2 is 1.97 bits per heavy atom. The lowest BCUT2D eigenvalue weighted by molar-refractivity contribution is -0.217. The molecular formula is C22H28F2O5. The minimum atomic E-state index is -2.23. The van der Waals surface area contributed by atoms with E-state index in [1.54, 1.807) is 13.8 Å². The van der Waals surface area contributed by atoms with Crippen molar-refractivity contribution >= 4 is 11.6 Å². The van der Waals surface area contributed by atoms with Gasteiger partial charge in [-0.3, -0.25) is 9.59 Å². The van der Waals surface area contributed by atoms with Gasteiger partial charge in [-0.25, -0.2) is 8.78 Å². The number of fused-ring (bicyclic) bond motifs is 5. The van der Waals surface area contributed by atoms with E-state index in [0.717, 1.165) is 0 Å². The Morgan fingerprint density at radius 1 is 1.31 bits per heavy atom. The maximum atomic E-state index is 16.9. The molecule has 8 atom stereocenters. The van der Waals surface area contributed by atoms with Crippen LogP contribution in [-0.2, 0) is 9.59 Å². The van der Waals surface area contributed by atoms with Crippen LogP contribution >= 0.6 is 0 Å². The van der Waals surface area contributed by atoms with Crippen molar-refractivity contribution in [2.75, 3.05) is 6.61 Å². The van der Waals surface area contributed by atoms with Gasteiger partial charge in [-0.15, -0.1) is 0 Å². The molecule has 7 heteroatoms. The topological polar surface area (TPSA) is 94.8 Å². The zero-order valence-electron chi connectivity index (χ0n) is 16.9. The predicted molar refractivity (Wildman–Crippen MR) is 100.0 cm³/mol. The molecule has 2 saturated carbocycles. The van der Waals surface area contributed by atoms with Gasteiger partial charge in [0.05, 0.1) is 6.10 Å². The molecule has 0 aliphatic heterocycles. The minimum Gasteiger partial charge on any atom is -0.390 e. The van der Waals surface area contributed by atoms with Crippen LogP contribution in [0, 0.1) is 28.6 Å². The Hall–Kier alpha value is -1.44. The molecule has 5 unspecified atom stereocenters. The smallest absolute Gasteiger partial charge is 0.190 e. The van der Waals surface area contributed by atoms with Crippen LogP contribution < -0.4 is 0 Å². The number of carbonyl (C=O) groups excluding carboxylic acids is 2. The van der Waals surface area contributed by atoms with Crippen LogP contribution in [0.15, 0.2) is 23.6 Å². The number of halogens is 2. The highest BCUT2D eigenvalue weighted by molar-refractivity contribution is 5.94. The molecule has 0 aromatic rings. The summed E-state index contributed by atoms with van der Waals surface area (Å²) >= 11 is 0. The van der Waals surface area contributed by atoms with Gasteiger partial charge in [0, 0.05) is 29.6 Å². The second-order valence-corrected chi connectivity index (χ2v) is 9.87. The molecule has 29 heavy (non-hydrogen) atoms. The average molecular weight is 410 g/mol. The highest BCUT2D eigenvalue weighted by Crippen LogP contribution is 2.71. The number of hydrogen-bond donors (Lipinski definition) is 3. The molecule has 4 aliphatic carbocycles. The molecule has 0 heterocycles. The Kier molecular flexibility index (Phi) is 4.34. The van der Waals surface area contributed by atoms with Gasteiger partial charge in [0.15, 0.2) is 17.2 Å². The summed E-state index contributed by atoms with van der Waals surface area (Å²) in [5.74, 6) is -3.71. The van der Waals surface area contributed by atoms with Gasteiger partial charge in [0.25, 0.3) is 0 Å². The summed E-state index contributed by atoms with van der Waals surface area (Å²) in [5.41, 5.74) is -6.74. The Morgan fingerprint density at radius 3 is 2.59 bits per heavy atom. The van der Waals surface area contributed by atoms with Crippen molar-refractivity contribution in [2.45, 2.75) is 63.8 Å². The average Bonchev–Trinajstić information content (AvgIpc) is 2.86. The fourth-order valence-electron chi connectivity index (χ4n) is 7.23. The first-order chi connectivity index (χ1) is 13.4. The third-order valence-corrected chi connectivity index (χ3v) is 8.81. The van der Waals surface area contributed by atoms with Gasteiger partial charge in [-0.2, -0.15) is 0 Å². The highest BCUT2D eigenvalue weighted by atomic mass is 19.1. The molecule has 0 radical (unpaired) electrons. The van der Waals surface area contributed by atoms with Crippen molar-refractivity contribution in [3.63, 3.8) is 0 Å². The second kappa shape index (κ2) is 6.05. The van der Waals surface area contributed by atoms with E-state index in [9.17, 15) is 24.9 Å². The second-order valence-electron chi connectivity index (χ2n) is 9.87. The molecule has 0 spiro atoms. The van der Waals surface area contributed by atoms with Gasteiger partial charge in [0.1, 0.15) is 18.0 Å². The molecule has 0 saturated heterocycles. The van der Waals surface area contributed by atoms with E-state index in [4.69, 9.17) is 0 Å². The van der Waals surface area contributed by atoms with Crippen molar-refractivity contribution in [3.05, 3.63) is 23.6 Å². The minimum absolute atomic E-state index is 0.0825. The van der Waals surface area contributed by atoms with Gasteiger partial charge in [-0.05, 0) is 43.3 Å². The van der Waals surface area contributed by atoms with Crippen LogP contribution in [0.1, 0.15) is 46.5 Å². The summed E-state index contributed by atoms with van der Waals surface area (Å²) < 4.78 is 32.1. The molecule has 0 amide bonds. The quantitative estimate of drug-likeness (QED) is 0.649. The van der Waals surface area contributed by atoms with E-state index < -0.39 is 64.2 Å². The molecule has 3 N–H and O–H groups in total. The third-order valence-electron chi connectivity index (χ3n) is 8.81. The van der Waals surface area contributed by atoms with Gasteiger partial charge in [0.2, 0.25) is 0 Å². The van der Waals surface area contributed by atoms with Crippen LogP contribution in [0.2, 0.25) is 0 Å². The fourth-order valence-corrected chi connectivity index (χ4v) is 7.23. The summed E-state index contributed by atoms with van der Waals surface area (Å²) in [6.07, 6.45) is 0.653. The van der Waals surface area contributed by atoms with Crippen molar-refractivity contribution in [2.24, 2.45) is 28.6 Å². The lowest BCUT2D eigenvalue weighted by Crippen LogP contribution is -2.69. The first kappa shape index (κ1) is 20.8. The molecule has 4 aliphatic rings. The van der Waals surface area contributed by atoms with Gasteiger partial charge >= 0.3 is 0 Å². The number of Topliss-reactive ketones (excluding diaryl/α,β-unsaturated/α-hetero) is 1. The monoisotopic (exact) mass is 410 g/mol. The summed E-state index contributed by atoms with van der Waals surface area (Å²) in [4.78, 5) is 24.4. The molecule has 0 bridgehead atoms. The first-order valence-corrected chi connectivity index (χ1v) is 10.2. The standard InChI is InChI=1S/C22H28F2O5/c1-11-6-13-14-8-16(23)15-7-12(26)4-5-19(15,2)21(14,24)17(27)9-20(13,3)22(11,29)18(28)10-25/h4-5,11,13-14,17,25,27,29H,6-10H2,1-3H3/t11?,13?,14?,17-,19-,20-,21?,22?/m0/s1. The zero-order valence-corrected chi connectivity index (χ0v) is 16.9. The Balaban J connectivity index is 1.89. The first-order valence-electron chi connectivity index (χ1n) is 10.2. The summed E-state index contributed by atoms with van der Waals surface area (Å²) in [5, 5.41) is 31.9. The van der Waals surface area contributed by atoms with Crippen molar-refractivity contribution < 1.29 is 33.7 Å². The SMILES string of the molecule is CC1CC2C3CC(F)=C4CC(=O)C=C[C@]4(C)C3(F)[C@@H](O)C[C@]2(C)C1(O)C(=O)CO. The largest absolute Gasteiger partial charge is 0.390 e. The van der Waals surface area contributed by atoms with E-state index in [0.29, 0.717) is 0 Å². The number of aliphatic hydroxyl groups excluding tert-OH is 2. The maximum Gasteiger partial charge on any atom is 0.190 e. The molecule has 160 valence electrons. The number of alkyl halides is 1. The van der Waals surface area contributed by atoms with E-state index in [-0.39, 0.29) is 37.0 Å². The number of allylic oxidation sites excluding steroid dienone is 4. The van der Waals surface area contributed by atoms with Gasteiger partial charge in [-0.1, -0.05) is 19.9 Å². The van der Waals surface area contributed by atoms with Crippen molar-refractivity contribution in [1.82, 2.24) is 0 Å². The van der Waals surface area contributed by atoms with Crippen molar-refractivity contribution in [1.29, 1.82) is 0 Å². The number of aliphatic hydroxyl groups is 3. The zero-order chi connectivity index (χ0) is 21.6. The normalized spacial score (nSPS) is 51.5. The van der Waals surface area contributed by atoms with E-state index in [1.165, 1.54) is 19.1 Å². The fraction of sp³-hybridized carbons (Fsp3) is 0.727. The maximum absolute atomic E-state index is 16.9. The molecule has 0 aromatic carbocycles. The van der Waals surface area contributed by atoms with E-state index >= 15 is 8.78 Å². The van der Waals surface area contributed by atoms with Crippen LogP contribution in [0.4, 0.5) is 8.78 Å². The van der Waals surface area contributed by atoms with Crippen LogP contribution in [-0.4, -0.2) is 50.9 Å². The summed E-state index contributed by atoms with van der Waals surface area (Å²) in [6, 6.07) is 0. The van der Waals surface area contributed by atoms with E-state index in [2.05, 4.69) is 0 Å². The van der Waals surface area contributed by atoms with Gasteiger partial charge < -0.3 is 15.3 Å². The molecule has 5 nitrogen and oxygen atoms in total.